The van der Waals surface area contributed by atoms with Crippen molar-refractivity contribution >= 4 is 60.6 Å². The normalized spacial score (nSPS) is 14.9. The van der Waals surface area contributed by atoms with Crippen LogP contribution < -0.4 is 0 Å². The van der Waals surface area contributed by atoms with Gasteiger partial charge in [0.25, 0.3) is 0 Å². The number of hydrogen-bond donors (Lipinski definition) is 0. The smallest absolute Gasteiger partial charge is 0.0659 e. The average Bonchev–Trinajstić information content (AvgIpc) is 3.07. The first-order valence-corrected chi connectivity index (χ1v) is 9.53. The highest BCUT2D eigenvalue weighted by atomic mass is 127. The predicted molar refractivity (Wildman–Crippen MR) is 99.2 cm³/mol. The Labute approximate surface area is 144 Å². The molecule has 0 saturated heterocycles. The SMILES string of the molecule is BrC(c1csc(I)c1)c1ccc2c3c(cccc13)CC2. The van der Waals surface area contributed by atoms with Crippen molar-refractivity contribution in [1.29, 1.82) is 0 Å². The van der Waals surface area contributed by atoms with Crippen LogP contribution >= 0.6 is 49.9 Å². The van der Waals surface area contributed by atoms with Gasteiger partial charge in [-0.25, -0.2) is 0 Å². The van der Waals surface area contributed by atoms with Gasteiger partial charge in [-0.05, 0) is 79.9 Å². The van der Waals surface area contributed by atoms with E-state index in [0.29, 0.717) is 0 Å². The quantitative estimate of drug-likeness (QED) is 0.324. The van der Waals surface area contributed by atoms with E-state index >= 15 is 0 Å². The Bertz CT molecular complexity index is 796. The molecule has 1 heterocycles. The van der Waals surface area contributed by atoms with Crippen LogP contribution in [-0.2, 0) is 12.8 Å². The predicted octanol–water partition coefficient (Wildman–Crippen LogP) is 6.09. The molecule has 3 aromatic rings. The number of thiophene rings is 1. The summed E-state index contributed by atoms with van der Waals surface area (Å²) in [5.41, 5.74) is 5.78. The summed E-state index contributed by atoms with van der Waals surface area (Å²) in [6.07, 6.45) is 2.39. The molecule has 0 fully saturated rings. The molecule has 0 bridgehead atoms. The van der Waals surface area contributed by atoms with Crippen molar-refractivity contribution in [2.75, 3.05) is 0 Å². The molecule has 0 spiro atoms. The molecule has 0 nitrogen and oxygen atoms in total. The summed E-state index contributed by atoms with van der Waals surface area (Å²) < 4.78 is 1.34. The third kappa shape index (κ3) is 2.06. The molecule has 0 aliphatic heterocycles. The van der Waals surface area contributed by atoms with Crippen LogP contribution in [0.5, 0.6) is 0 Å². The lowest BCUT2D eigenvalue weighted by atomic mass is 9.96. The summed E-state index contributed by atoms with van der Waals surface area (Å²) in [6, 6.07) is 13.6. The summed E-state index contributed by atoms with van der Waals surface area (Å²) >= 11 is 8.10. The molecule has 0 radical (unpaired) electrons. The van der Waals surface area contributed by atoms with Crippen LogP contribution in [0.3, 0.4) is 0 Å². The molecule has 100 valence electrons. The highest BCUT2D eigenvalue weighted by Crippen LogP contribution is 2.41. The van der Waals surface area contributed by atoms with E-state index in [0.717, 1.165) is 0 Å². The monoisotopic (exact) mass is 454 g/mol. The Hall–Kier alpha value is -0.390. The van der Waals surface area contributed by atoms with Crippen LogP contribution in [0.4, 0.5) is 0 Å². The zero-order valence-electron chi connectivity index (χ0n) is 10.7. The minimum absolute atomic E-state index is 0.284. The van der Waals surface area contributed by atoms with Gasteiger partial charge in [0.15, 0.2) is 0 Å². The second-order valence-electron chi connectivity index (χ2n) is 5.20. The van der Waals surface area contributed by atoms with Gasteiger partial charge in [-0.3, -0.25) is 0 Å². The first-order valence-electron chi connectivity index (χ1n) is 6.65. The van der Waals surface area contributed by atoms with Crippen LogP contribution in [0.15, 0.2) is 41.8 Å². The molecule has 0 amide bonds. The van der Waals surface area contributed by atoms with Gasteiger partial charge < -0.3 is 0 Å². The fourth-order valence-electron chi connectivity index (χ4n) is 3.13. The van der Waals surface area contributed by atoms with Gasteiger partial charge in [-0.2, -0.15) is 0 Å². The molecule has 1 unspecified atom stereocenters. The van der Waals surface area contributed by atoms with Gasteiger partial charge in [0.05, 0.1) is 7.71 Å². The summed E-state index contributed by atoms with van der Waals surface area (Å²) in [4.78, 5) is 0.284. The highest BCUT2D eigenvalue weighted by Gasteiger charge is 2.20. The van der Waals surface area contributed by atoms with Crippen molar-refractivity contribution in [3.63, 3.8) is 0 Å². The van der Waals surface area contributed by atoms with Gasteiger partial charge in [-0.1, -0.05) is 46.3 Å². The molecule has 1 aromatic heterocycles. The largest absolute Gasteiger partial charge is 0.137 e. The zero-order valence-corrected chi connectivity index (χ0v) is 15.3. The molecular formula is C17H12BrIS. The number of hydrogen-bond acceptors (Lipinski definition) is 1. The van der Waals surface area contributed by atoms with Crippen LogP contribution in [0.25, 0.3) is 10.8 Å². The van der Waals surface area contributed by atoms with Crippen molar-refractivity contribution in [3.8, 4) is 0 Å². The van der Waals surface area contributed by atoms with Crippen LogP contribution in [0.1, 0.15) is 27.1 Å². The van der Waals surface area contributed by atoms with Crippen molar-refractivity contribution in [2.24, 2.45) is 0 Å². The van der Waals surface area contributed by atoms with Crippen LogP contribution in [-0.4, -0.2) is 0 Å². The lowest BCUT2D eigenvalue weighted by Crippen LogP contribution is -1.93. The third-order valence-corrected chi connectivity index (χ3v) is 6.89. The number of alkyl halides is 1. The minimum Gasteiger partial charge on any atom is -0.137 e. The van der Waals surface area contributed by atoms with E-state index in [4.69, 9.17) is 0 Å². The minimum atomic E-state index is 0.284. The second kappa shape index (κ2) is 5.11. The maximum atomic E-state index is 3.90. The Balaban J connectivity index is 1.93. The van der Waals surface area contributed by atoms with E-state index in [9.17, 15) is 0 Å². The first kappa shape index (κ1) is 13.3. The molecule has 1 aliphatic rings. The topological polar surface area (TPSA) is 0 Å². The third-order valence-electron chi connectivity index (χ3n) is 4.06. The highest BCUT2D eigenvalue weighted by molar-refractivity contribution is 14.1. The number of aryl methyl sites for hydroxylation is 2. The van der Waals surface area contributed by atoms with Gasteiger partial charge in [-0.15, -0.1) is 11.3 Å². The fraction of sp³-hybridized carbons (Fsp3) is 0.176. The van der Waals surface area contributed by atoms with E-state index in [1.165, 1.54) is 48.8 Å². The van der Waals surface area contributed by atoms with Gasteiger partial charge in [0, 0.05) is 0 Å². The van der Waals surface area contributed by atoms with Crippen LogP contribution in [0, 0.1) is 2.88 Å². The lowest BCUT2D eigenvalue weighted by Gasteiger charge is -2.13. The van der Waals surface area contributed by atoms with E-state index in [-0.39, 0.29) is 4.83 Å². The van der Waals surface area contributed by atoms with Crippen LogP contribution in [0.2, 0.25) is 0 Å². The molecule has 0 saturated carbocycles. The number of rotatable bonds is 2. The summed E-state index contributed by atoms with van der Waals surface area (Å²) in [5.74, 6) is 0. The molecule has 20 heavy (non-hydrogen) atoms. The van der Waals surface area contributed by atoms with Gasteiger partial charge >= 0.3 is 0 Å². The van der Waals surface area contributed by atoms with E-state index in [2.05, 4.69) is 80.3 Å². The molecule has 1 aliphatic carbocycles. The Morgan fingerprint density at radius 3 is 2.65 bits per heavy atom. The van der Waals surface area contributed by atoms with Gasteiger partial charge in [0.2, 0.25) is 0 Å². The number of halogens is 2. The average molecular weight is 455 g/mol. The Kier molecular flexibility index (Phi) is 3.39. The van der Waals surface area contributed by atoms with E-state index in [1.54, 1.807) is 0 Å². The number of benzene rings is 2. The van der Waals surface area contributed by atoms with Crippen molar-refractivity contribution in [1.82, 2.24) is 0 Å². The molecule has 1 atom stereocenters. The molecule has 4 rings (SSSR count). The lowest BCUT2D eigenvalue weighted by molar-refractivity contribution is 1.02. The molecule has 2 aromatic carbocycles. The summed E-state index contributed by atoms with van der Waals surface area (Å²) in [7, 11) is 0. The van der Waals surface area contributed by atoms with Crippen molar-refractivity contribution in [3.05, 3.63) is 66.9 Å². The maximum Gasteiger partial charge on any atom is 0.0659 e. The molecule has 0 N–H and O–H groups in total. The Morgan fingerprint density at radius 1 is 1.10 bits per heavy atom. The van der Waals surface area contributed by atoms with Gasteiger partial charge in [0.1, 0.15) is 0 Å². The van der Waals surface area contributed by atoms with Crippen molar-refractivity contribution < 1.29 is 0 Å². The summed E-state index contributed by atoms with van der Waals surface area (Å²) in [5, 5.41) is 5.17. The van der Waals surface area contributed by atoms with Crippen molar-refractivity contribution in [2.45, 2.75) is 17.7 Å². The zero-order chi connectivity index (χ0) is 13.7. The van der Waals surface area contributed by atoms with E-state index < -0.39 is 0 Å². The standard InChI is InChI=1S/C17H12BrIS/c18-17(12-8-15(19)20-9-12)14-7-6-11-5-4-10-2-1-3-13(14)16(10)11/h1-3,6-9,17H,4-5H2. The molecular weight excluding hydrogens is 443 g/mol. The summed E-state index contributed by atoms with van der Waals surface area (Å²) in [6.45, 7) is 0. The second-order valence-corrected chi connectivity index (χ2v) is 8.92. The maximum absolute atomic E-state index is 3.90. The van der Waals surface area contributed by atoms with E-state index in [1.807, 2.05) is 11.3 Å². The fourth-order valence-corrected chi connectivity index (χ4v) is 5.36. The molecule has 3 heteroatoms. The first-order chi connectivity index (χ1) is 9.74. The Morgan fingerprint density at radius 2 is 1.90 bits per heavy atom.